The van der Waals surface area contributed by atoms with Gasteiger partial charge in [-0.15, -0.1) is 4.95 Å². The maximum Gasteiger partial charge on any atom is 0.416 e. The molecule has 216 valence electrons. The van der Waals surface area contributed by atoms with Gasteiger partial charge >= 0.3 is 6.18 Å². The van der Waals surface area contributed by atoms with Crippen molar-refractivity contribution < 1.29 is 22.6 Å². The number of fused-ring (bicyclic) bond motifs is 6. The molecule has 0 saturated heterocycles. The fraction of sp³-hybridized carbons (Fsp3) is 0.0541. The molecule has 2 aliphatic rings. The van der Waals surface area contributed by atoms with Crippen LogP contribution in [0.1, 0.15) is 33.4 Å². The molecule has 0 amide bonds. The Hall–Kier alpha value is -6.12. The van der Waals surface area contributed by atoms with Crippen LogP contribution >= 0.6 is 0 Å². The van der Waals surface area contributed by atoms with Crippen LogP contribution in [0.15, 0.2) is 108 Å². The van der Waals surface area contributed by atoms with E-state index < -0.39 is 11.7 Å². The van der Waals surface area contributed by atoms with Crippen molar-refractivity contribution in [3.63, 3.8) is 0 Å². The summed E-state index contributed by atoms with van der Waals surface area (Å²) in [5.74, 6) is 1.99. The van der Waals surface area contributed by atoms with Gasteiger partial charge in [0.1, 0.15) is 23.0 Å². The van der Waals surface area contributed by atoms with Gasteiger partial charge in [-0.2, -0.15) is 25.0 Å². The third-order valence-corrected chi connectivity index (χ3v) is 7.84. The van der Waals surface area contributed by atoms with Gasteiger partial charge in [0.05, 0.1) is 16.7 Å². The molecule has 5 aromatic carbocycles. The molecule has 0 bridgehead atoms. The summed E-state index contributed by atoms with van der Waals surface area (Å²) in [6, 6.07) is 29.5. The molecule has 45 heavy (non-hydrogen) atoms. The predicted molar refractivity (Wildman–Crippen MR) is 165 cm³/mol. The number of hydrogen-bond donors (Lipinski definition) is 0. The van der Waals surface area contributed by atoms with E-state index in [2.05, 4.69) is 16.1 Å². The van der Waals surface area contributed by atoms with Crippen molar-refractivity contribution in [2.75, 3.05) is 0 Å². The highest BCUT2D eigenvalue weighted by Gasteiger charge is 2.33. The molecule has 0 atom stereocenters. The van der Waals surface area contributed by atoms with Crippen LogP contribution in [0.4, 0.5) is 13.2 Å². The molecule has 0 unspecified atom stereocenters. The second-order valence-corrected chi connectivity index (χ2v) is 10.6. The Labute approximate surface area is 256 Å². The van der Waals surface area contributed by atoms with Gasteiger partial charge in [-0.3, -0.25) is 0 Å². The fourth-order valence-electron chi connectivity index (χ4n) is 5.78. The van der Waals surface area contributed by atoms with Gasteiger partial charge in [0.2, 0.25) is 0 Å². The monoisotopic (exact) mass is 595 g/mol. The summed E-state index contributed by atoms with van der Waals surface area (Å²) in [5, 5.41) is 13.9. The average molecular weight is 596 g/mol. The predicted octanol–water partition coefficient (Wildman–Crippen LogP) is 10.2. The SMILES string of the molecule is [C-]#[N+]/N=C1\c2cc(Oc3ccc(C)cc3)ccc2-c2cc3c(cc21)-c1ccc(Oc2ccc(C(F)(F)F)cc2)cc1/C3=C\C#N. The number of benzene rings is 5. The van der Waals surface area contributed by atoms with Crippen LogP contribution in [-0.2, 0) is 6.18 Å². The molecule has 0 saturated carbocycles. The molecule has 0 radical (unpaired) electrons. The Bertz CT molecular complexity index is 2170. The van der Waals surface area contributed by atoms with Gasteiger partial charge < -0.3 is 9.47 Å². The number of allylic oxidation sites excluding steroid dienone is 1. The average Bonchev–Trinajstić information content (AvgIpc) is 3.48. The van der Waals surface area contributed by atoms with Gasteiger partial charge in [-0.25, -0.2) is 0 Å². The number of alkyl halides is 3. The zero-order valence-corrected chi connectivity index (χ0v) is 23.6. The maximum absolute atomic E-state index is 13.0. The summed E-state index contributed by atoms with van der Waals surface area (Å²) in [4.78, 5) is 3.36. The highest BCUT2D eigenvalue weighted by atomic mass is 19.4. The first-order valence-corrected chi connectivity index (χ1v) is 13.9. The van der Waals surface area contributed by atoms with E-state index in [1.165, 1.54) is 18.2 Å². The Balaban J connectivity index is 1.26. The largest absolute Gasteiger partial charge is 0.457 e. The Morgan fingerprint density at radius 1 is 0.667 bits per heavy atom. The number of rotatable bonds is 4. The molecule has 0 aromatic heterocycles. The minimum atomic E-state index is -4.44. The van der Waals surface area contributed by atoms with Crippen LogP contribution in [0, 0.1) is 24.8 Å². The lowest BCUT2D eigenvalue weighted by Gasteiger charge is -2.10. The molecule has 5 nitrogen and oxygen atoms in total. The second kappa shape index (κ2) is 10.6. The minimum Gasteiger partial charge on any atom is -0.457 e. The van der Waals surface area contributed by atoms with Crippen LogP contribution in [0.5, 0.6) is 23.0 Å². The van der Waals surface area contributed by atoms with Crippen molar-refractivity contribution in [2.45, 2.75) is 13.1 Å². The highest BCUT2D eigenvalue weighted by molar-refractivity contribution is 6.26. The van der Waals surface area contributed by atoms with E-state index >= 15 is 0 Å². The second-order valence-electron chi connectivity index (χ2n) is 10.6. The third kappa shape index (κ3) is 4.89. The molecule has 2 aliphatic carbocycles. The molecule has 0 N–H and O–H groups in total. The zero-order valence-electron chi connectivity index (χ0n) is 23.6. The van der Waals surface area contributed by atoms with Crippen LogP contribution in [0.3, 0.4) is 0 Å². The molecular weight excluding hydrogens is 575 g/mol. The first-order valence-electron chi connectivity index (χ1n) is 13.9. The Morgan fingerprint density at radius 3 is 1.76 bits per heavy atom. The molecule has 0 fully saturated rings. The summed E-state index contributed by atoms with van der Waals surface area (Å²) >= 11 is 0. The zero-order chi connectivity index (χ0) is 31.3. The van der Waals surface area contributed by atoms with Gasteiger partial charge in [-0.1, -0.05) is 23.8 Å². The van der Waals surface area contributed by atoms with Crippen molar-refractivity contribution in [1.82, 2.24) is 0 Å². The van der Waals surface area contributed by atoms with Gasteiger partial charge in [0.15, 0.2) is 5.71 Å². The van der Waals surface area contributed by atoms with E-state index in [1.807, 2.05) is 67.6 Å². The fourth-order valence-corrected chi connectivity index (χ4v) is 5.78. The molecule has 0 heterocycles. The first kappa shape index (κ1) is 27.7. The van der Waals surface area contributed by atoms with Crippen LogP contribution in [0.2, 0.25) is 0 Å². The number of halogens is 3. The lowest BCUT2D eigenvalue weighted by atomic mass is 9.96. The van der Waals surface area contributed by atoms with Crippen molar-refractivity contribution in [3.05, 3.63) is 148 Å². The van der Waals surface area contributed by atoms with Crippen molar-refractivity contribution in [1.29, 1.82) is 5.26 Å². The van der Waals surface area contributed by atoms with E-state index in [-0.39, 0.29) is 5.75 Å². The standard InChI is InChI=1S/C37H20F3N3O2/c1-21-3-7-23(8-4-21)44-26-12-14-28-33-19-31-29(15-16-41)30-17-25(45-24-9-5-22(6-10-24)37(38,39)40)11-13-27(30)32(31)20-35(33)36(43-42-2)34(28)18-26/h3-15,17-20H,1H3/b29-15+,43-36+. The molecule has 7 rings (SSSR count). The normalized spacial score (nSPS) is 14.3. The van der Waals surface area contributed by atoms with E-state index in [0.29, 0.717) is 28.5 Å². The van der Waals surface area contributed by atoms with E-state index in [9.17, 15) is 18.4 Å². The topological polar surface area (TPSA) is 59.0 Å². The number of nitriles is 1. The Kier molecular flexibility index (Phi) is 6.49. The van der Waals surface area contributed by atoms with Crippen molar-refractivity contribution in [2.24, 2.45) is 5.10 Å². The quantitative estimate of drug-likeness (QED) is 0.116. The number of nitrogens with zero attached hydrogens (tertiary/aromatic N) is 3. The van der Waals surface area contributed by atoms with Gasteiger partial charge in [0.25, 0.3) is 0 Å². The number of aryl methyl sites for hydroxylation is 1. The molecule has 5 aromatic rings. The van der Waals surface area contributed by atoms with E-state index in [1.54, 1.807) is 12.1 Å². The lowest BCUT2D eigenvalue weighted by molar-refractivity contribution is -0.137. The number of hydrogen-bond acceptors (Lipinski definition) is 4. The lowest BCUT2D eigenvalue weighted by Crippen LogP contribution is -2.03. The maximum atomic E-state index is 13.0. The first-order chi connectivity index (χ1) is 21.7. The molecule has 8 heteroatoms. The summed E-state index contributed by atoms with van der Waals surface area (Å²) in [7, 11) is 0. The molecule has 0 aliphatic heterocycles. The summed E-state index contributed by atoms with van der Waals surface area (Å²) in [5.41, 5.74) is 8.26. The van der Waals surface area contributed by atoms with Crippen LogP contribution in [-0.4, -0.2) is 5.71 Å². The minimum absolute atomic E-state index is 0.255. The molecular formula is C37H20F3N3O2. The van der Waals surface area contributed by atoms with E-state index in [4.69, 9.17) is 16.0 Å². The van der Waals surface area contributed by atoms with Crippen molar-refractivity contribution in [3.8, 4) is 51.3 Å². The van der Waals surface area contributed by atoms with E-state index in [0.717, 1.165) is 62.2 Å². The summed E-state index contributed by atoms with van der Waals surface area (Å²) < 4.78 is 50.9. The number of ether oxygens (including phenoxy) is 2. The summed E-state index contributed by atoms with van der Waals surface area (Å²) in [6.07, 6.45) is -2.96. The van der Waals surface area contributed by atoms with Crippen LogP contribution < -0.4 is 9.47 Å². The summed E-state index contributed by atoms with van der Waals surface area (Å²) in [6.45, 7) is 9.52. The smallest absolute Gasteiger partial charge is 0.416 e. The van der Waals surface area contributed by atoms with Gasteiger partial charge in [0, 0.05) is 22.8 Å². The molecule has 0 spiro atoms. The van der Waals surface area contributed by atoms with Crippen LogP contribution in [0.25, 0.3) is 32.8 Å². The van der Waals surface area contributed by atoms with Crippen molar-refractivity contribution >= 4 is 11.3 Å². The third-order valence-electron chi connectivity index (χ3n) is 7.84. The highest BCUT2D eigenvalue weighted by Crippen LogP contribution is 2.50. The van der Waals surface area contributed by atoms with Gasteiger partial charge in [-0.05, 0) is 119 Å². The Morgan fingerprint density at radius 2 is 1.16 bits per heavy atom.